The van der Waals surface area contributed by atoms with E-state index in [0.29, 0.717) is 23.5 Å². The van der Waals surface area contributed by atoms with E-state index in [1.165, 1.54) is 5.56 Å². The lowest BCUT2D eigenvalue weighted by molar-refractivity contribution is 0.0827. The minimum atomic E-state index is 0.0282. The number of nitrogen functional groups attached to an aromatic ring is 1. The van der Waals surface area contributed by atoms with Gasteiger partial charge in [-0.15, -0.1) is 0 Å². The number of piperidine rings is 1. The first-order valence-electron chi connectivity index (χ1n) is 11.0. The molecule has 8 heteroatoms. The Labute approximate surface area is 188 Å². The van der Waals surface area contributed by atoms with Crippen molar-refractivity contribution in [3.8, 4) is 0 Å². The molecule has 4 rings (SSSR count). The number of amides is 1. The fourth-order valence-electron chi connectivity index (χ4n) is 4.26. The number of aromatic nitrogens is 3. The summed E-state index contributed by atoms with van der Waals surface area (Å²) < 4.78 is 0. The lowest BCUT2D eigenvalue weighted by Gasteiger charge is -2.32. The molecule has 8 nitrogen and oxygen atoms in total. The molecular weight excluding hydrogens is 402 g/mol. The fourth-order valence-corrected chi connectivity index (χ4v) is 4.26. The van der Waals surface area contributed by atoms with E-state index in [4.69, 9.17) is 5.73 Å². The highest BCUT2D eigenvalue weighted by Gasteiger charge is 2.21. The highest BCUT2D eigenvalue weighted by atomic mass is 16.2. The van der Waals surface area contributed by atoms with E-state index in [0.717, 1.165) is 54.7 Å². The second-order valence-electron chi connectivity index (χ2n) is 8.80. The summed E-state index contributed by atoms with van der Waals surface area (Å²) in [6.45, 7) is 6.81. The SMILES string of the molecule is Cc1cc(C)c2c(N)nc(NC3CCN(Cc4ccc(C(=O)N(C)C)cc4)CC3)nc2n1. The smallest absolute Gasteiger partial charge is 0.253 e. The monoisotopic (exact) mass is 433 g/mol. The number of pyridine rings is 1. The Morgan fingerprint density at radius 1 is 1.12 bits per heavy atom. The third kappa shape index (κ3) is 4.80. The molecule has 3 heterocycles. The summed E-state index contributed by atoms with van der Waals surface area (Å²) in [6.07, 6.45) is 2.00. The van der Waals surface area contributed by atoms with E-state index in [1.807, 2.05) is 44.2 Å². The number of likely N-dealkylation sites (tertiary alicyclic amines) is 1. The second kappa shape index (κ2) is 9.08. The molecule has 1 aliphatic rings. The number of carbonyl (C=O) groups excluding carboxylic acids is 1. The number of benzene rings is 1. The lowest BCUT2D eigenvalue weighted by Crippen LogP contribution is -2.39. The first-order valence-corrected chi connectivity index (χ1v) is 11.0. The number of nitrogens with one attached hydrogen (secondary N) is 1. The van der Waals surface area contributed by atoms with Gasteiger partial charge in [-0.3, -0.25) is 9.69 Å². The molecule has 0 bridgehead atoms. The normalized spacial score (nSPS) is 15.1. The van der Waals surface area contributed by atoms with Crippen LogP contribution in [-0.4, -0.2) is 63.9 Å². The van der Waals surface area contributed by atoms with E-state index < -0.39 is 0 Å². The van der Waals surface area contributed by atoms with Crippen molar-refractivity contribution in [2.45, 2.75) is 39.3 Å². The maximum absolute atomic E-state index is 12.0. The Kier molecular flexibility index (Phi) is 6.23. The van der Waals surface area contributed by atoms with Gasteiger partial charge >= 0.3 is 0 Å². The van der Waals surface area contributed by atoms with Crippen LogP contribution in [0.4, 0.5) is 11.8 Å². The van der Waals surface area contributed by atoms with Gasteiger partial charge in [0.1, 0.15) is 5.82 Å². The van der Waals surface area contributed by atoms with Crippen molar-refractivity contribution in [3.05, 3.63) is 52.7 Å². The fraction of sp³-hybridized carbons (Fsp3) is 0.417. The number of nitrogens with two attached hydrogens (primary N) is 1. The molecule has 2 aromatic heterocycles. The van der Waals surface area contributed by atoms with Crippen molar-refractivity contribution in [2.24, 2.45) is 0 Å². The molecule has 0 saturated carbocycles. The summed E-state index contributed by atoms with van der Waals surface area (Å²) in [5.41, 5.74) is 10.8. The number of nitrogens with zero attached hydrogens (tertiary/aromatic N) is 5. The number of rotatable bonds is 5. The van der Waals surface area contributed by atoms with Crippen molar-refractivity contribution in [3.63, 3.8) is 0 Å². The zero-order valence-electron chi connectivity index (χ0n) is 19.2. The van der Waals surface area contributed by atoms with Crippen LogP contribution in [-0.2, 0) is 6.54 Å². The molecule has 1 aromatic carbocycles. The van der Waals surface area contributed by atoms with Crippen molar-refractivity contribution in [2.75, 3.05) is 38.2 Å². The summed E-state index contributed by atoms with van der Waals surface area (Å²) >= 11 is 0. The van der Waals surface area contributed by atoms with Gasteiger partial charge in [0.25, 0.3) is 5.91 Å². The standard InChI is InChI=1S/C24H31N7O/c1-15-13-16(2)26-22-20(15)21(25)28-24(29-22)27-19-9-11-31(12-10-19)14-17-5-7-18(8-6-17)23(32)30(3)4/h5-8,13,19H,9-12,14H2,1-4H3,(H3,25,26,27,28,29). The Morgan fingerprint density at radius 2 is 1.81 bits per heavy atom. The van der Waals surface area contributed by atoms with Gasteiger partial charge in [-0.25, -0.2) is 4.98 Å². The molecule has 3 aromatic rings. The number of fused-ring (bicyclic) bond motifs is 1. The molecule has 32 heavy (non-hydrogen) atoms. The van der Waals surface area contributed by atoms with Crippen LogP contribution in [0.2, 0.25) is 0 Å². The van der Waals surface area contributed by atoms with E-state index in [1.54, 1.807) is 19.0 Å². The Bertz CT molecular complexity index is 1120. The van der Waals surface area contributed by atoms with E-state index in [2.05, 4.69) is 25.2 Å². The molecule has 0 radical (unpaired) electrons. The maximum Gasteiger partial charge on any atom is 0.253 e. The van der Waals surface area contributed by atoms with Gasteiger partial charge in [-0.2, -0.15) is 9.97 Å². The number of hydrogen-bond acceptors (Lipinski definition) is 7. The first-order chi connectivity index (χ1) is 15.3. The summed E-state index contributed by atoms with van der Waals surface area (Å²) in [6, 6.07) is 10.2. The highest BCUT2D eigenvalue weighted by Crippen LogP contribution is 2.24. The summed E-state index contributed by atoms with van der Waals surface area (Å²) in [5, 5.41) is 4.28. The average Bonchev–Trinajstić information content (AvgIpc) is 2.74. The zero-order chi connectivity index (χ0) is 22.8. The van der Waals surface area contributed by atoms with Crippen LogP contribution in [0.15, 0.2) is 30.3 Å². The Hall–Kier alpha value is -3.26. The first kappa shape index (κ1) is 22.0. The predicted molar refractivity (Wildman–Crippen MR) is 128 cm³/mol. The zero-order valence-corrected chi connectivity index (χ0v) is 19.2. The minimum absolute atomic E-state index is 0.0282. The quantitative estimate of drug-likeness (QED) is 0.638. The Balaban J connectivity index is 1.35. The number of anilines is 2. The molecule has 1 aliphatic heterocycles. The molecule has 3 N–H and O–H groups in total. The van der Waals surface area contributed by atoms with Gasteiger partial charge < -0.3 is 16.0 Å². The van der Waals surface area contributed by atoms with Crippen LogP contribution in [0.5, 0.6) is 0 Å². The van der Waals surface area contributed by atoms with Gasteiger partial charge in [0, 0.05) is 51.0 Å². The number of aryl methyl sites for hydroxylation is 2. The van der Waals surface area contributed by atoms with Gasteiger partial charge in [-0.1, -0.05) is 12.1 Å². The van der Waals surface area contributed by atoms with E-state index >= 15 is 0 Å². The molecule has 0 atom stereocenters. The molecule has 1 fully saturated rings. The average molecular weight is 434 g/mol. The predicted octanol–water partition coefficient (Wildman–Crippen LogP) is 3.00. The molecule has 0 unspecified atom stereocenters. The van der Waals surface area contributed by atoms with Crippen LogP contribution >= 0.6 is 0 Å². The number of hydrogen-bond donors (Lipinski definition) is 2. The molecule has 1 saturated heterocycles. The maximum atomic E-state index is 12.0. The second-order valence-corrected chi connectivity index (χ2v) is 8.80. The van der Waals surface area contributed by atoms with Gasteiger partial charge in [0.05, 0.1) is 5.39 Å². The largest absolute Gasteiger partial charge is 0.383 e. The van der Waals surface area contributed by atoms with Crippen molar-refractivity contribution < 1.29 is 4.79 Å². The van der Waals surface area contributed by atoms with Crippen LogP contribution in [0, 0.1) is 13.8 Å². The van der Waals surface area contributed by atoms with Crippen LogP contribution in [0.3, 0.4) is 0 Å². The summed E-state index contributed by atoms with van der Waals surface area (Å²) in [5.74, 6) is 1.05. The highest BCUT2D eigenvalue weighted by molar-refractivity contribution is 5.93. The molecule has 1 amide bonds. The number of carbonyl (C=O) groups is 1. The van der Waals surface area contributed by atoms with Crippen molar-refractivity contribution in [1.82, 2.24) is 24.8 Å². The van der Waals surface area contributed by atoms with Crippen LogP contribution < -0.4 is 11.1 Å². The summed E-state index contributed by atoms with van der Waals surface area (Å²) in [7, 11) is 3.54. The van der Waals surface area contributed by atoms with Crippen molar-refractivity contribution in [1.29, 1.82) is 0 Å². The van der Waals surface area contributed by atoms with Crippen molar-refractivity contribution >= 4 is 28.7 Å². The topological polar surface area (TPSA) is 100 Å². The molecule has 0 aliphatic carbocycles. The van der Waals surface area contributed by atoms with Crippen LogP contribution in [0.25, 0.3) is 11.0 Å². The third-order valence-corrected chi connectivity index (χ3v) is 5.95. The van der Waals surface area contributed by atoms with Gasteiger partial charge in [0.2, 0.25) is 5.95 Å². The third-order valence-electron chi connectivity index (χ3n) is 5.95. The van der Waals surface area contributed by atoms with Crippen LogP contribution in [0.1, 0.15) is 40.0 Å². The van der Waals surface area contributed by atoms with E-state index in [-0.39, 0.29) is 5.91 Å². The molecular formula is C24H31N7O. The lowest BCUT2D eigenvalue weighted by atomic mass is 10.0. The minimum Gasteiger partial charge on any atom is -0.383 e. The van der Waals surface area contributed by atoms with E-state index in [9.17, 15) is 4.79 Å². The Morgan fingerprint density at radius 3 is 2.47 bits per heavy atom. The van der Waals surface area contributed by atoms with Gasteiger partial charge in [0.15, 0.2) is 5.65 Å². The van der Waals surface area contributed by atoms with Gasteiger partial charge in [-0.05, 0) is 56.0 Å². The molecule has 168 valence electrons. The molecule has 0 spiro atoms. The summed E-state index contributed by atoms with van der Waals surface area (Å²) in [4.78, 5) is 29.7.